The SMILES string of the molecule is CCNC(=O)[C@@H]1C[C@H](NC(=O)c2ncccc2O)CN1C(=O)c1cc[nH]c1. The van der Waals surface area contributed by atoms with E-state index in [1.807, 2.05) is 0 Å². The van der Waals surface area contributed by atoms with Crippen molar-refractivity contribution in [2.24, 2.45) is 0 Å². The number of likely N-dealkylation sites (N-methyl/N-ethyl adjacent to an activating group) is 1. The second-order valence-electron chi connectivity index (χ2n) is 6.24. The number of hydrogen-bond donors (Lipinski definition) is 4. The molecule has 0 bridgehead atoms. The lowest BCUT2D eigenvalue weighted by Crippen LogP contribution is -2.45. The summed E-state index contributed by atoms with van der Waals surface area (Å²) in [7, 11) is 0. The topological polar surface area (TPSA) is 127 Å². The molecule has 1 saturated heterocycles. The maximum absolute atomic E-state index is 12.7. The van der Waals surface area contributed by atoms with Gasteiger partial charge in [0.05, 0.1) is 5.56 Å². The van der Waals surface area contributed by atoms with Crippen molar-refractivity contribution in [1.29, 1.82) is 0 Å². The summed E-state index contributed by atoms with van der Waals surface area (Å²) in [5.41, 5.74) is 0.348. The summed E-state index contributed by atoms with van der Waals surface area (Å²) in [6.45, 7) is 2.43. The largest absolute Gasteiger partial charge is 0.505 e. The minimum atomic E-state index is -0.685. The summed E-state index contributed by atoms with van der Waals surface area (Å²) >= 11 is 0. The van der Waals surface area contributed by atoms with Gasteiger partial charge in [0.1, 0.15) is 11.8 Å². The van der Waals surface area contributed by atoms with Gasteiger partial charge in [-0.05, 0) is 31.5 Å². The summed E-state index contributed by atoms with van der Waals surface area (Å²) in [4.78, 5) is 45.7. The zero-order valence-corrected chi connectivity index (χ0v) is 14.8. The van der Waals surface area contributed by atoms with E-state index in [4.69, 9.17) is 0 Å². The van der Waals surface area contributed by atoms with Gasteiger partial charge in [0.2, 0.25) is 5.91 Å². The third kappa shape index (κ3) is 3.91. The van der Waals surface area contributed by atoms with Gasteiger partial charge in [0, 0.05) is 37.7 Å². The second-order valence-corrected chi connectivity index (χ2v) is 6.24. The first-order valence-electron chi connectivity index (χ1n) is 8.67. The Morgan fingerprint density at radius 1 is 1.37 bits per heavy atom. The van der Waals surface area contributed by atoms with E-state index in [-0.39, 0.29) is 36.2 Å². The Morgan fingerprint density at radius 2 is 2.19 bits per heavy atom. The van der Waals surface area contributed by atoms with E-state index in [0.29, 0.717) is 12.1 Å². The number of carbonyl (C=O) groups is 3. The molecule has 0 aromatic carbocycles. The van der Waals surface area contributed by atoms with Crippen LogP contribution in [0.2, 0.25) is 0 Å². The molecule has 1 fully saturated rings. The van der Waals surface area contributed by atoms with Gasteiger partial charge < -0.3 is 25.6 Å². The maximum atomic E-state index is 12.7. The number of likely N-dealkylation sites (tertiary alicyclic amines) is 1. The molecule has 3 amide bonds. The molecular weight excluding hydrogens is 350 g/mol. The van der Waals surface area contributed by atoms with Gasteiger partial charge in [0.15, 0.2) is 5.69 Å². The molecule has 2 aromatic heterocycles. The maximum Gasteiger partial charge on any atom is 0.274 e. The van der Waals surface area contributed by atoms with Gasteiger partial charge in [-0.2, -0.15) is 0 Å². The molecule has 9 nitrogen and oxygen atoms in total. The molecule has 0 unspecified atom stereocenters. The van der Waals surface area contributed by atoms with Crippen LogP contribution in [0.1, 0.15) is 34.2 Å². The lowest BCUT2D eigenvalue weighted by molar-refractivity contribution is -0.124. The molecule has 3 heterocycles. The number of pyridine rings is 1. The van der Waals surface area contributed by atoms with Crippen LogP contribution in [0.5, 0.6) is 5.75 Å². The average molecular weight is 371 g/mol. The predicted molar refractivity (Wildman–Crippen MR) is 96.1 cm³/mol. The van der Waals surface area contributed by atoms with Crippen LogP contribution in [-0.2, 0) is 4.79 Å². The molecule has 0 spiro atoms. The minimum absolute atomic E-state index is 0.0949. The van der Waals surface area contributed by atoms with Gasteiger partial charge >= 0.3 is 0 Å². The van der Waals surface area contributed by atoms with E-state index in [1.165, 1.54) is 23.2 Å². The lowest BCUT2D eigenvalue weighted by Gasteiger charge is -2.23. The molecule has 1 aliphatic heterocycles. The molecule has 0 aliphatic carbocycles. The van der Waals surface area contributed by atoms with Crippen LogP contribution < -0.4 is 10.6 Å². The average Bonchev–Trinajstić information content (AvgIpc) is 3.31. The summed E-state index contributed by atoms with van der Waals surface area (Å²) in [6.07, 6.45) is 4.88. The van der Waals surface area contributed by atoms with Crippen LogP contribution in [0, 0.1) is 0 Å². The summed E-state index contributed by atoms with van der Waals surface area (Å²) < 4.78 is 0. The molecule has 27 heavy (non-hydrogen) atoms. The fourth-order valence-electron chi connectivity index (χ4n) is 3.15. The highest BCUT2D eigenvalue weighted by atomic mass is 16.3. The van der Waals surface area contributed by atoms with E-state index < -0.39 is 18.0 Å². The Hall–Kier alpha value is -3.36. The second kappa shape index (κ2) is 7.90. The van der Waals surface area contributed by atoms with Gasteiger partial charge in [-0.25, -0.2) is 4.98 Å². The molecule has 2 atom stereocenters. The summed E-state index contributed by atoms with van der Waals surface area (Å²) in [5.74, 6) is -1.33. The van der Waals surface area contributed by atoms with E-state index >= 15 is 0 Å². The third-order valence-electron chi connectivity index (χ3n) is 4.40. The number of rotatable bonds is 5. The first-order chi connectivity index (χ1) is 13.0. The summed E-state index contributed by atoms with van der Waals surface area (Å²) in [6, 6.07) is 3.40. The Bertz CT molecular complexity index is 836. The monoisotopic (exact) mass is 371 g/mol. The normalized spacial score (nSPS) is 18.9. The van der Waals surface area contributed by atoms with Crippen molar-refractivity contribution in [1.82, 2.24) is 25.5 Å². The fourth-order valence-corrected chi connectivity index (χ4v) is 3.15. The number of H-pyrrole nitrogens is 1. The van der Waals surface area contributed by atoms with Crippen LogP contribution in [0.4, 0.5) is 0 Å². The molecule has 0 radical (unpaired) electrons. The van der Waals surface area contributed by atoms with Gasteiger partial charge in [-0.15, -0.1) is 0 Å². The number of nitrogens with zero attached hydrogens (tertiary/aromatic N) is 2. The first kappa shape index (κ1) is 18.4. The predicted octanol–water partition coefficient (Wildman–Crippen LogP) is 0.265. The van der Waals surface area contributed by atoms with E-state index in [2.05, 4.69) is 20.6 Å². The number of amides is 3. The third-order valence-corrected chi connectivity index (χ3v) is 4.40. The fraction of sp³-hybridized carbons (Fsp3) is 0.333. The molecule has 142 valence electrons. The van der Waals surface area contributed by atoms with Crippen LogP contribution >= 0.6 is 0 Å². The van der Waals surface area contributed by atoms with Crippen LogP contribution in [-0.4, -0.2) is 62.9 Å². The van der Waals surface area contributed by atoms with Crippen LogP contribution in [0.15, 0.2) is 36.8 Å². The zero-order valence-electron chi connectivity index (χ0n) is 14.8. The van der Waals surface area contributed by atoms with Crippen molar-refractivity contribution in [3.05, 3.63) is 48.0 Å². The minimum Gasteiger partial charge on any atom is -0.505 e. The number of aromatic amines is 1. The van der Waals surface area contributed by atoms with Crippen molar-refractivity contribution in [2.75, 3.05) is 13.1 Å². The highest BCUT2D eigenvalue weighted by molar-refractivity contribution is 5.98. The molecule has 1 aliphatic rings. The van der Waals surface area contributed by atoms with E-state index in [1.54, 1.807) is 25.4 Å². The quantitative estimate of drug-likeness (QED) is 0.600. The van der Waals surface area contributed by atoms with E-state index in [0.717, 1.165) is 0 Å². The van der Waals surface area contributed by atoms with E-state index in [9.17, 15) is 19.5 Å². The number of nitrogens with one attached hydrogen (secondary N) is 3. The lowest BCUT2D eigenvalue weighted by atomic mass is 10.1. The summed E-state index contributed by atoms with van der Waals surface area (Å²) in [5, 5.41) is 15.3. The van der Waals surface area contributed by atoms with Crippen molar-refractivity contribution < 1.29 is 19.5 Å². The standard InChI is InChI=1S/C18H21N5O4/c1-2-20-16(25)13-8-12(10-23(13)18(27)11-5-7-19-9-11)22-17(26)15-14(24)4-3-6-21-15/h3-7,9,12-13,19,24H,2,8,10H2,1H3,(H,20,25)(H,22,26)/t12-,13-/m0/s1. The van der Waals surface area contributed by atoms with Crippen molar-refractivity contribution >= 4 is 17.7 Å². The number of hydrogen-bond acceptors (Lipinski definition) is 5. The molecular formula is C18H21N5O4. The molecule has 0 saturated carbocycles. The van der Waals surface area contributed by atoms with Crippen molar-refractivity contribution in [3.8, 4) is 5.75 Å². The Balaban J connectivity index is 1.76. The number of aromatic nitrogens is 2. The van der Waals surface area contributed by atoms with Gasteiger partial charge in [0.25, 0.3) is 11.8 Å². The highest BCUT2D eigenvalue weighted by Gasteiger charge is 2.40. The Kier molecular flexibility index (Phi) is 5.39. The first-order valence-corrected chi connectivity index (χ1v) is 8.67. The number of carbonyl (C=O) groups excluding carboxylic acids is 3. The van der Waals surface area contributed by atoms with Gasteiger partial charge in [-0.1, -0.05) is 0 Å². The molecule has 3 rings (SSSR count). The van der Waals surface area contributed by atoms with Gasteiger partial charge in [-0.3, -0.25) is 14.4 Å². The molecule has 2 aromatic rings. The Labute approximate surface area is 155 Å². The Morgan fingerprint density at radius 3 is 2.85 bits per heavy atom. The van der Waals surface area contributed by atoms with Crippen LogP contribution in [0.3, 0.4) is 0 Å². The smallest absolute Gasteiger partial charge is 0.274 e. The van der Waals surface area contributed by atoms with Crippen molar-refractivity contribution in [3.63, 3.8) is 0 Å². The van der Waals surface area contributed by atoms with Crippen LogP contribution in [0.25, 0.3) is 0 Å². The molecule has 4 N–H and O–H groups in total. The molecule has 9 heteroatoms. The highest BCUT2D eigenvalue weighted by Crippen LogP contribution is 2.22. The number of aromatic hydroxyl groups is 1. The van der Waals surface area contributed by atoms with Crippen molar-refractivity contribution in [2.45, 2.75) is 25.4 Å². The zero-order chi connectivity index (χ0) is 19.4.